The lowest BCUT2D eigenvalue weighted by atomic mass is 10.2. The second-order valence-electron chi connectivity index (χ2n) is 5.80. The Hall–Kier alpha value is -1.52. The second-order valence-corrected chi connectivity index (χ2v) is 5.80. The number of hydrogen-bond donors (Lipinski definition) is 1. The van der Waals surface area contributed by atoms with Crippen LogP contribution in [0.15, 0.2) is 0 Å². The van der Waals surface area contributed by atoms with E-state index in [1.165, 1.54) is 12.8 Å². The van der Waals surface area contributed by atoms with Gasteiger partial charge < -0.3 is 10.6 Å². The highest BCUT2D eigenvalue weighted by molar-refractivity contribution is 5.98. The lowest BCUT2D eigenvalue weighted by molar-refractivity contribution is 0.0723. The summed E-state index contributed by atoms with van der Waals surface area (Å²) in [4.78, 5) is 14.8. The molecule has 5 heteroatoms. The van der Waals surface area contributed by atoms with Crippen molar-refractivity contribution in [3.63, 3.8) is 0 Å². The summed E-state index contributed by atoms with van der Waals surface area (Å²) >= 11 is 0. The SMILES string of the molecule is CCn1nc(C)c(N)c1C(=O)N(CC1CC1)C1CC1. The number of aromatic nitrogens is 2. The van der Waals surface area contributed by atoms with E-state index in [2.05, 4.69) is 5.10 Å². The van der Waals surface area contributed by atoms with Gasteiger partial charge in [0.2, 0.25) is 0 Å². The number of anilines is 1. The van der Waals surface area contributed by atoms with E-state index in [0.717, 1.165) is 25.1 Å². The first-order valence-electron chi connectivity index (χ1n) is 7.25. The van der Waals surface area contributed by atoms with Gasteiger partial charge in [-0.1, -0.05) is 0 Å². The molecule has 0 spiro atoms. The molecule has 1 aromatic rings. The Balaban J connectivity index is 1.88. The Bertz CT molecular complexity index is 500. The monoisotopic (exact) mass is 262 g/mol. The molecular weight excluding hydrogens is 240 g/mol. The van der Waals surface area contributed by atoms with E-state index in [-0.39, 0.29) is 5.91 Å². The third kappa shape index (κ3) is 2.33. The molecule has 0 bridgehead atoms. The Morgan fingerprint density at radius 3 is 2.63 bits per heavy atom. The van der Waals surface area contributed by atoms with Crippen LogP contribution in [0.1, 0.15) is 48.8 Å². The smallest absolute Gasteiger partial charge is 0.274 e. The molecule has 2 aliphatic rings. The van der Waals surface area contributed by atoms with Crippen LogP contribution < -0.4 is 5.73 Å². The lowest BCUT2D eigenvalue weighted by Gasteiger charge is -2.22. The van der Waals surface area contributed by atoms with Crippen LogP contribution in [-0.2, 0) is 6.54 Å². The molecule has 2 saturated carbocycles. The first-order chi connectivity index (χ1) is 9.11. The molecule has 0 unspecified atom stereocenters. The number of carbonyl (C=O) groups is 1. The molecule has 0 atom stereocenters. The molecule has 2 fully saturated rings. The Kier molecular flexibility index (Phi) is 2.99. The first kappa shape index (κ1) is 12.5. The molecular formula is C14H22N4O. The summed E-state index contributed by atoms with van der Waals surface area (Å²) in [6, 6.07) is 0.438. The van der Waals surface area contributed by atoms with Crippen molar-refractivity contribution in [2.75, 3.05) is 12.3 Å². The predicted molar refractivity (Wildman–Crippen MR) is 73.8 cm³/mol. The van der Waals surface area contributed by atoms with Gasteiger partial charge in [-0.15, -0.1) is 0 Å². The standard InChI is InChI=1S/C14H22N4O/c1-3-18-13(12(15)9(2)16-18)14(19)17(11-6-7-11)8-10-4-5-10/h10-11H,3-8,15H2,1-2H3. The van der Waals surface area contributed by atoms with E-state index in [9.17, 15) is 4.79 Å². The van der Waals surface area contributed by atoms with Crippen LogP contribution in [0, 0.1) is 12.8 Å². The van der Waals surface area contributed by atoms with E-state index in [4.69, 9.17) is 5.73 Å². The molecule has 3 rings (SSSR count). The van der Waals surface area contributed by atoms with Gasteiger partial charge in [-0.2, -0.15) is 5.10 Å². The Labute approximate surface area is 113 Å². The maximum absolute atomic E-state index is 12.8. The fraction of sp³-hybridized carbons (Fsp3) is 0.714. The summed E-state index contributed by atoms with van der Waals surface area (Å²) in [6.45, 7) is 5.43. The van der Waals surface area contributed by atoms with E-state index in [1.54, 1.807) is 4.68 Å². The van der Waals surface area contributed by atoms with Crippen LogP contribution in [0.4, 0.5) is 5.69 Å². The van der Waals surface area contributed by atoms with Crippen LogP contribution in [0.2, 0.25) is 0 Å². The van der Waals surface area contributed by atoms with E-state index in [0.29, 0.717) is 29.9 Å². The average Bonchev–Trinajstić information content (AvgIpc) is 3.26. The highest BCUT2D eigenvalue weighted by Crippen LogP contribution is 2.36. The molecule has 1 heterocycles. The molecule has 19 heavy (non-hydrogen) atoms. The number of nitrogens with two attached hydrogens (primary N) is 1. The topological polar surface area (TPSA) is 64.2 Å². The minimum atomic E-state index is 0.0781. The number of nitrogens with zero attached hydrogens (tertiary/aromatic N) is 3. The van der Waals surface area contributed by atoms with Crippen molar-refractivity contribution >= 4 is 11.6 Å². The summed E-state index contributed by atoms with van der Waals surface area (Å²) in [5.74, 6) is 0.791. The van der Waals surface area contributed by atoms with Gasteiger partial charge in [-0.3, -0.25) is 9.48 Å². The quantitative estimate of drug-likeness (QED) is 0.880. The normalized spacial score (nSPS) is 18.6. The molecule has 5 nitrogen and oxygen atoms in total. The van der Waals surface area contributed by atoms with Crippen molar-refractivity contribution in [3.8, 4) is 0 Å². The maximum Gasteiger partial charge on any atom is 0.274 e. The zero-order valence-electron chi connectivity index (χ0n) is 11.7. The summed E-state index contributed by atoms with van der Waals surface area (Å²) in [5.41, 5.74) is 7.95. The van der Waals surface area contributed by atoms with Crippen molar-refractivity contribution in [1.82, 2.24) is 14.7 Å². The van der Waals surface area contributed by atoms with Gasteiger partial charge >= 0.3 is 0 Å². The fourth-order valence-electron chi connectivity index (χ4n) is 2.55. The molecule has 0 radical (unpaired) electrons. The van der Waals surface area contributed by atoms with E-state index < -0.39 is 0 Å². The minimum Gasteiger partial charge on any atom is -0.395 e. The first-order valence-corrected chi connectivity index (χ1v) is 7.25. The lowest BCUT2D eigenvalue weighted by Crippen LogP contribution is -2.36. The van der Waals surface area contributed by atoms with Crippen LogP contribution in [0.5, 0.6) is 0 Å². The third-order valence-corrected chi connectivity index (χ3v) is 4.08. The molecule has 0 saturated heterocycles. The van der Waals surface area contributed by atoms with E-state index in [1.807, 2.05) is 18.7 Å². The summed E-state index contributed by atoms with van der Waals surface area (Å²) in [7, 11) is 0. The number of rotatable bonds is 5. The maximum atomic E-state index is 12.8. The molecule has 0 aliphatic heterocycles. The van der Waals surface area contributed by atoms with Crippen molar-refractivity contribution in [2.45, 2.75) is 52.1 Å². The highest BCUT2D eigenvalue weighted by atomic mass is 16.2. The summed E-state index contributed by atoms with van der Waals surface area (Å²) in [6.07, 6.45) is 4.80. The van der Waals surface area contributed by atoms with Gasteiger partial charge in [0.05, 0.1) is 11.4 Å². The van der Waals surface area contributed by atoms with Crippen LogP contribution in [0.3, 0.4) is 0 Å². The molecule has 104 valence electrons. The van der Waals surface area contributed by atoms with Gasteiger partial charge in [-0.25, -0.2) is 0 Å². The van der Waals surface area contributed by atoms with Crippen LogP contribution >= 0.6 is 0 Å². The summed E-state index contributed by atoms with van der Waals surface area (Å²) < 4.78 is 1.75. The third-order valence-electron chi connectivity index (χ3n) is 4.08. The number of nitrogen functional groups attached to an aromatic ring is 1. The van der Waals surface area contributed by atoms with E-state index >= 15 is 0 Å². The molecule has 1 aromatic heterocycles. The largest absolute Gasteiger partial charge is 0.395 e. The number of carbonyl (C=O) groups excluding carboxylic acids is 1. The molecule has 1 amide bonds. The highest BCUT2D eigenvalue weighted by Gasteiger charge is 2.38. The molecule has 2 aliphatic carbocycles. The van der Waals surface area contributed by atoms with Crippen molar-refractivity contribution < 1.29 is 4.79 Å². The van der Waals surface area contributed by atoms with Crippen molar-refractivity contribution in [3.05, 3.63) is 11.4 Å². The van der Waals surface area contributed by atoms with Gasteiger partial charge in [0, 0.05) is 19.1 Å². The van der Waals surface area contributed by atoms with Gasteiger partial charge in [0.25, 0.3) is 5.91 Å². The van der Waals surface area contributed by atoms with Crippen molar-refractivity contribution in [1.29, 1.82) is 0 Å². The Morgan fingerprint density at radius 1 is 1.42 bits per heavy atom. The van der Waals surface area contributed by atoms with Gasteiger partial charge in [0.1, 0.15) is 5.69 Å². The number of hydrogen-bond acceptors (Lipinski definition) is 3. The predicted octanol–water partition coefficient (Wildman–Crippen LogP) is 1.81. The number of amides is 1. The fourth-order valence-corrected chi connectivity index (χ4v) is 2.55. The van der Waals surface area contributed by atoms with Crippen LogP contribution in [0.25, 0.3) is 0 Å². The minimum absolute atomic E-state index is 0.0781. The Morgan fingerprint density at radius 2 is 2.11 bits per heavy atom. The van der Waals surface area contributed by atoms with Crippen molar-refractivity contribution in [2.24, 2.45) is 5.92 Å². The zero-order chi connectivity index (χ0) is 13.6. The second kappa shape index (κ2) is 4.54. The number of aryl methyl sites for hydroxylation is 2. The summed E-state index contributed by atoms with van der Waals surface area (Å²) in [5, 5.41) is 4.35. The molecule has 0 aromatic carbocycles. The van der Waals surface area contributed by atoms with Gasteiger partial charge in [-0.05, 0) is 45.4 Å². The zero-order valence-corrected chi connectivity index (χ0v) is 11.7. The average molecular weight is 262 g/mol. The molecule has 2 N–H and O–H groups in total. The van der Waals surface area contributed by atoms with Crippen LogP contribution in [-0.4, -0.2) is 33.2 Å². The van der Waals surface area contributed by atoms with Gasteiger partial charge in [0.15, 0.2) is 0 Å².